The molecule has 0 spiro atoms. The standard InChI is InChI=1S/C16H24N2O2/c1-16(5-6-17-11-16)12-18-7-8-20-15-9-14(19-2)4-3-13(15)10-18/h3-4,9,17H,5-8,10-12H2,1-2H3. The summed E-state index contributed by atoms with van der Waals surface area (Å²) in [7, 11) is 1.69. The lowest BCUT2D eigenvalue weighted by Crippen LogP contribution is -2.38. The lowest BCUT2D eigenvalue weighted by atomic mass is 9.89. The number of nitrogens with one attached hydrogen (secondary N) is 1. The third-order valence-electron chi connectivity index (χ3n) is 4.40. The van der Waals surface area contributed by atoms with E-state index in [0.29, 0.717) is 5.41 Å². The van der Waals surface area contributed by atoms with Crippen LogP contribution >= 0.6 is 0 Å². The van der Waals surface area contributed by atoms with Crippen LogP contribution in [0.4, 0.5) is 0 Å². The molecule has 3 rings (SSSR count). The van der Waals surface area contributed by atoms with Gasteiger partial charge in [-0.05, 0) is 24.4 Å². The van der Waals surface area contributed by atoms with Crippen LogP contribution in [0.25, 0.3) is 0 Å². The molecule has 0 radical (unpaired) electrons. The van der Waals surface area contributed by atoms with E-state index in [9.17, 15) is 0 Å². The Morgan fingerprint density at radius 1 is 1.45 bits per heavy atom. The molecule has 1 fully saturated rings. The summed E-state index contributed by atoms with van der Waals surface area (Å²) in [5.41, 5.74) is 1.66. The highest BCUT2D eigenvalue weighted by Gasteiger charge is 2.31. The quantitative estimate of drug-likeness (QED) is 0.914. The predicted octanol–water partition coefficient (Wildman–Crippen LogP) is 1.89. The van der Waals surface area contributed by atoms with Gasteiger partial charge in [-0.15, -0.1) is 0 Å². The van der Waals surface area contributed by atoms with Gasteiger partial charge in [-0.3, -0.25) is 4.90 Å². The van der Waals surface area contributed by atoms with Crippen molar-refractivity contribution in [3.05, 3.63) is 23.8 Å². The van der Waals surface area contributed by atoms with E-state index < -0.39 is 0 Å². The van der Waals surface area contributed by atoms with Gasteiger partial charge in [0.2, 0.25) is 0 Å². The fourth-order valence-electron chi connectivity index (χ4n) is 3.21. The molecule has 20 heavy (non-hydrogen) atoms. The van der Waals surface area contributed by atoms with Crippen molar-refractivity contribution < 1.29 is 9.47 Å². The molecule has 110 valence electrons. The first kappa shape index (κ1) is 13.7. The molecule has 2 heterocycles. The zero-order chi connectivity index (χ0) is 14.0. The third kappa shape index (κ3) is 2.91. The third-order valence-corrected chi connectivity index (χ3v) is 4.40. The average molecular weight is 276 g/mol. The molecule has 0 bridgehead atoms. The van der Waals surface area contributed by atoms with E-state index in [1.54, 1.807) is 7.11 Å². The number of nitrogens with zero attached hydrogens (tertiary/aromatic N) is 1. The summed E-state index contributed by atoms with van der Waals surface area (Å²) < 4.78 is 11.2. The van der Waals surface area contributed by atoms with Crippen LogP contribution in [0, 0.1) is 5.41 Å². The van der Waals surface area contributed by atoms with Crippen molar-refractivity contribution in [3.63, 3.8) is 0 Å². The van der Waals surface area contributed by atoms with Gasteiger partial charge in [-0.25, -0.2) is 0 Å². The van der Waals surface area contributed by atoms with Crippen LogP contribution in [0.2, 0.25) is 0 Å². The Hall–Kier alpha value is -1.26. The van der Waals surface area contributed by atoms with E-state index in [0.717, 1.165) is 50.8 Å². The molecular weight excluding hydrogens is 252 g/mol. The summed E-state index contributed by atoms with van der Waals surface area (Å²) in [4.78, 5) is 2.52. The van der Waals surface area contributed by atoms with Crippen molar-refractivity contribution in [1.29, 1.82) is 0 Å². The minimum Gasteiger partial charge on any atom is -0.497 e. The number of hydrogen-bond donors (Lipinski definition) is 1. The maximum atomic E-state index is 5.88. The average Bonchev–Trinajstić information content (AvgIpc) is 2.76. The van der Waals surface area contributed by atoms with E-state index >= 15 is 0 Å². The van der Waals surface area contributed by atoms with Crippen molar-refractivity contribution in [2.24, 2.45) is 5.41 Å². The molecule has 0 aliphatic carbocycles. The molecule has 1 aromatic carbocycles. The smallest absolute Gasteiger partial charge is 0.127 e. The molecule has 2 aliphatic rings. The second-order valence-electron chi connectivity index (χ2n) is 6.27. The van der Waals surface area contributed by atoms with E-state index in [1.165, 1.54) is 12.0 Å². The fraction of sp³-hybridized carbons (Fsp3) is 0.625. The van der Waals surface area contributed by atoms with Gasteiger partial charge in [-0.2, -0.15) is 0 Å². The summed E-state index contributed by atoms with van der Waals surface area (Å²) in [5, 5.41) is 3.48. The lowest BCUT2D eigenvalue weighted by Gasteiger charge is -2.30. The number of methoxy groups -OCH3 is 1. The lowest BCUT2D eigenvalue weighted by molar-refractivity contribution is 0.158. The van der Waals surface area contributed by atoms with Crippen LogP contribution in [0.3, 0.4) is 0 Å². The van der Waals surface area contributed by atoms with Gasteiger partial charge in [0, 0.05) is 37.8 Å². The topological polar surface area (TPSA) is 33.7 Å². The van der Waals surface area contributed by atoms with Gasteiger partial charge in [0.25, 0.3) is 0 Å². The first-order valence-corrected chi connectivity index (χ1v) is 7.41. The van der Waals surface area contributed by atoms with Gasteiger partial charge in [-0.1, -0.05) is 13.0 Å². The summed E-state index contributed by atoms with van der Waals surface area (Å²) in [5.74, 6) is 1.84. The molecule has 1 N–H and O–H groups in total. The second-order valence-corrected chi connectivity index (χ2v) is 6.27. The highest BCUT2D eigenvalue weighted by Crippen LogP contribution is 2.31. The molecule has 1 aromatic rings. The maximum Gasteiger partial charge on any atom is 0.127 e. The van der Waals surface area contributed by atoms with Crippen molar-refractivity contribution in [2.75, 3.05) is 39.9 Å². The normalized spacial score (nSPS) is 26.7. The fourth-order valence-corrected chi connectivity index (χ4v) is 3.21. The Balaban J connectivity index is 1.72. The Labute approximate surface area is 121 Å². The number of ether oxygens (including phenoxy) is 2. The van der Waals surface area contributed by atoms with Crippen LogP contribution in [-0.4, -0.2) is 44.8 Å². The predicted molar refractivity (Wildman–Crippen MR) is 79.4 cm³/mol. The SMILES string of the molecule is COc1ccc2c(c1)OCCN(CC1(C)CCNC1)C2. The molecule has 0 amide bonds. The highest BCUT2D eigenvalue weighted by atomic mass is 16.5. The van der Waals surface area contributed by atoms with E-state index in [-0.39, 0.29) is 0 Å². The molecule has 0 saturated carbocycles. The van der Waals surface area contributed by atoms with Crippen molar-refractivity contribution in [2.45, 2.75) is 19.9 Å². The van der Waals surface area contributed by atoms with Crippen molar-refractivity contribution in [1.82, 2.24) is 10.2 Å². The zero-order valence-corrected chi connectivity index (χ0v) is 12.4. The van der Waals surface area contributed by atoms with E-state index in [2.05, 4.69) is 23.2 Å². The second kappa shape index (κ2) is 5.62. The van der Waals surface area contributed by atoms with Crippen LogP contribution in [0.1, 0.15) is 18.9 Å². The van der Waals surface area contributed by atoms with Gasteiger partial charge >= 0.3 is 0 Å². The maximum absolute atomic E-state index is 5.88. The van der Waals surface area contributed by atoms with Crippen LogP contribution in [-0.2, 0) is 6.54 Å². The number of hydrogen-bond acceptors (Lipinski definition) is 4. The van der Waals surface area contributed by atoms with Gasteiger partial charge in [0.1, 0.15) is 18.1 Å². The first-order chi connectivity index (χ1) is 9.68. The number of benzene rings is 1. The molecule has 1 unspecified atom stereocenters. The monoisotopic (exact) mass is 276 g/mol. The van der Waals surface area contributed by atoms with E-state index in [4.69, 9.17) is 9.47 Å². The molecular formula is C16H24N2O2. The summed E-state index contributed by atoms with van der Waals surface area (Å²) in [6.45, 7) is 8.50. The van der Waals surface area contributed by atoms with Crippen molar-refractivity contribution in [3.8, 4) is 11.5 Å². The molecule has 0 aromatic heterocycles. The molecule has 1 saturated heterocycles. The van der Waals surface area contributed by atoms with Gasteiger partial charge in [0.05, 0.1) is 7.11 Å². The number of fused-ring (bicyclic) bond motifs is 1. The Morgan fingerprint density at radius 2 is 2.35 bits per heavy atom. The van der Waals surface area contributed by atoms with Gasteiger partial charge < -0.3 is 14.8 Å². The summed E-state index contributed by atoms with van der Waals surface area (Å²) >= 11 is 0. The molecule has 2 aliphatic heterocycles. The molecule has 4 nitrogen and oxygen atoms in total. The largest absolute Gasteiger partial charge is 0.497 e. The highest BCUT2D eigenvalue weighted by molar-refractivity contribution is 5.41. The minimum absolute atomic E-state index is 0.400. The van der Waals surface area contributed by atoms with E-state index in [1.807, 2.05) is 12.1 Å². The zero-order valence-electron chi connectivity index (χ0n) is 12.4. The van der Waals surface area contributed by atoms with Crippen molar-refractivity contribution >= 4 is 0 Å². The van der Waals surface area contributed by atoms with Crippen LogP contribution in [0.5, 0.6) is 11.5 Å². The molecule has 1 atom stereocenters. The minimum atomic E-state index is 0.400. The van der Waals surface area contributed by atoms with Crippen LogP contribution in [0.15, 0.2) is 18.2 Å². The summed E-state index contributed by atoms with van der Waals surface area (Å²) in [6, 6.07) is 6.14. The first-order valence-electron chi connectivity index (χ1n) is 7.41. The Kier molecular flexibility index (Phi) is 3.85. The Bertz CT molecular complexity index is 470. The van der Waals surface area contributed by atoms with Gasteiger partial charge in [0.15, 0.2) is 0 Å². The van der Waals surface area contributed by atoms with Crippen LogP contribution < -0.4 is 14.8 Å². The number of rotatable bonds is 3. The summed E-state index contributed by atoms with van der Waals surface area (Å²) in [6.07, 6.45) is 1.26. The molecule has 4 heteroatoms. The Morgan fingerprint density at radius 3 is 3.10 bits per heavy atom.